The topological polar surface area (TPSA) is 45.8 Å². The third-order valence-electron chi connectivity index (χ3n) is 4.64. The lowest BCUT2D eigenvalue weighted by atomic mass is 9.90. The van der Waals surface area contributed by atoms with Crippen LogP contribution in [-0.4, -0.2) is 30.3 Å². The van der Waals surface area contributed by atoms with Crippen LogP contribution < -0.4 is 0 Å². The lowest BCUT2D eigenvalue weighted by molar-refractivity contribution is -0.00523. The molecule has 0 unspecified atom stereocenters. The van der Waals surface area contributed by atoms with Crippen molar-refractivity contribution in [1.82, 2.24) is 4.90 Å². The molecule has 0 aliphatic rings. The molecule has 0 saturated heterocycles. The zero-order chi connectivity index (χ0) is 18.8. The summed E-state index contributed by atoms with van der Waals surface area (Å²) in [6.07, 6.45) is 4.34. The number of furan rings is 1. The van der Waals surface area contributed by atoms with Gasteiger partial charge in [0.25, 0.3) is 0 Å². The van der Waals surface area contributed by atoms with Crippen LogP contribution in [0.3, 0.4) is 0 Å². The molecular formula is C21H33NO3S. The maximum atomic E-state index is 11.0. The van der Waals surface area contributed by atoms with Crippen molar-refractivity contribution in [2.45, 2.75) is 64.6 Å². The number of nitrogens with zero attached hydrogens (tertiary/aromatic N) is 1. The number of methoxy groups -OCH3 is 1. The predicted molar refractivity (Wildman–Crippen MR) is 107 cm³/mol. The summed E-state index contributed by atoms with van der Waals surface area (Å²) < 4.78 is 11.3. The smallest absolute Gasteiger partial charge is 0.135 e. The fraction of sp³-hybridized carbons (Fsp3) is 0.619. The molecule has 2 aromatic rings. The molecule has 0 spiro atoms. The molecule has 26 heavy (non-hydrogen) atoms. The average molecular weight is 380 g/mol. The Morgan fingerprint density at radius 2 is 1.92 bits per heavy atom. The van der Waals surface area contributed by atoms with Crippen LogP contribution in [-0.2, 0) is 23.4 Å². The Bertz CT molecular complexity index is 603. The quantitative estimate of drug-likeness (QED) is 0.488. The molecular weight excluding hydrogens is 346 g/mol. The van der Waals surface area contributed by atoms with Gasteiger partial charge in [-0.2, -0.15) is 11.3 Å². The predicted octanol–water partition coefficient (Wildman–Crippen LogP) is 5.17. The van der Waals surface area contributed by atoms with Crippen LogP contribution in [0.5, 0.6) is 0 Å². The van der Waals surface area contributed by atoms with E-state index in [1.165, 1.54) is 5.56 Å². The van der Waals surface area contributed by atoms with E-state index in [-0.39, 0.29) is 0 Å². The lowest BCUT2D eigenvalue weighted by Gasteiger charge is -2.25. The van der Waals surface area contributed by atoms with Gasteiger partial charge in [0.1, 0.15) is 17.1 Å². The highest BCUT2D eigenvalue weighted by Gasteiger charge is 2.31. The first-order valence-corrected chi connectivity index (χ1v) is 10.6. The monoisotopic (exact) mass is 379 g/mol. The molecule has 0 bridgehead atoms. The SMILES string of the molecule is CCCC(O)(CCC)c1ccc(CN(CCCOC)Cc2ccsc2)o1. The van der Waals surface area contributed by atoms with Crippen molar-refractivity contribution in [2.75, 3.05) is 20.3 Å². The zero-order valence-corrected chi connectivity index (χ0v) is 17.2. The normalized spacial score (nSPS) is 12.2. The molecule has 0 amide bonds. The Morgan fingerprint density at radius 1 is 1.15 bits per heavy atom. The third-order valence-corrected chi connectivity index (χ3v) is 5.37. The molecule has 0 radical (unpaired) electrons. The first kappa shape index (κ1) is 21.2. The molecule has 2 heterocycles. The summed E-state index contributed by atoms with van der Waals surface area (Å²) in [5.74, 6) is 1.63. The Morgan fingerprint density at radius 3 is 2.54 bits per heavy atom. The minimum atomic E-state index is -0.837. The summed E-state index contributed by atoms with van der Waals surface area (Å²) in [6.45, 7) is 7.56. The van der Waals surface area contributed by atoms with Gasteiger partial charge in [0.15, 0.2) is 0 Å². The van der Waals surface area contributed by atoms with Gasteiger partial charge in [0.2, 0.25) is 0 Å². The van der Waals surface area contributed by atoms with E-state index in [1.54, 1.807) is 18.4 Å². The fourth-order valence-electron chi connectivity index (χ4n) is 3.42. The van der Waals surface area contributed by atoms with Gasteiger partial charge in [0, 0.05) is 26.8 Å². The highest BCUT2D eigenvalue weighted by atomic mass is 32.1. The van der Waals surface area contributed by atoms with Crippen molar-refractivity contribution in [1.29, 1.82) is 0 Å². The van der Waals surface area contributed by atoms with Crippen molar-refractivity contribution in [2.24, 2.45) is 0 Å². The number of ether oxygens (including phenoxy) is 1. The van der Waals surface area contributed by atoms with Crippen LogP contribution in [0.15, 0.2) is 33.4 Å². The van der Waals surface area contributed by atoms with Crippen LogP contribution >= 0.6 is 11.3 Å². The van der Waals surface area contributed by atoms with Gasteiger partial charge in [-0.3, -0.25) is 4.90 Å². The second-order valence-electron chi connectivity index (χ2n) is 6.99. The maximum Gasteiger partial charge on any atom is 0.135 e. The van der Waals surface area contributed by atoms with Crippen molar-refractivity contribution >= 4 is 11.3 Å². The van der Waals surface area contributed by atoms with Gasteiger partial charge in [-0.05, 0) is 53.8 Å². The summed E-state index contributed by atoms with van der Waals surface area (Å²) in [7, 11) is 1.74. The third kappa shape index (κ3) is 6.23. The van der Waals surface area contributed by atoms with E-state index >= 15 is 0 Å². The molecule has 0 aliphatic carbocycles. The van der Waals surface area contributed by atoms with Crippen LogP contribution in [0.1, 0.15) is 63.0 Å². The largest absolute Gasteiger partial charge is 0.462 e. The van der Waals surface area contributed by atoms with E-state index in [1.807, 2.05) is 12.1 Å². The van der Waals surface area contributed by atoms with E-state index in [2.05, 4.69) is 35.6 Å². The van der Waals surface area contributed by atoms with Gasteiger partial charge < -0.3 is 14.3 Å². The van der Waals surface area contributed by atoms with Crippen LogP contribution in [0.25, 0.3) is 0 Å². The molecule has 2 aromatic heterocycles. The molecule has 0 aliphatic heterocycles. The summed E-state index contributed by atoms with van der Waals surface area (Å²) >= 11 is 1.73. The second kappa shape index (κ2) is 10.9. The van der Waals surface area contributed by atoms with Gasteiger partial charge in [0.05, 0.1) is 6.54 Å². The summed E-state index contributed by atoms with van der Waals surface area (Å²) in [4.78, 5) is 2.38. The maximum absolute atomic E-state index is 11.0. The lowest BCUT2D eigenvalue weighted by Crippen LogP contribution is -2.25. The zero-order valence-electron chi connectivity index (χ0n) is 16.4. The molecule has 0 fully saturated rings. The molecule has 0 aromatic carbocycles. The number of hydrogen-bond donors (Lipinski definition) is 1. The van der Waals surface area contributed by atoms with Crippen LogP contribution in [0.2, 0.25) is 0 Å². The van der Waals surface area contributed by atoms with E-state index in [0.717, 1.165) is 64.1 Å². The van der Waals surface area contributed by atoms with Crippen molar-refractivity contribution in [3.8, 4) is 0 Å². The van der Waals surface area contributed by atoms with Crippen LogP contribution in [0.4, 0.5) is 0 Å². The molecule has 2 rings (SSSR count). The first-order chi connectivity index (χ1) is 12.6. The summed E-state index contributed by atoms with van der Waals surface area (Å²) in [6, 6.07) is 6.14. The standard InChI is InChI=1S/C21H33NO3S/c1-4-10-21(23,11-5-2)20-8-7-19(25-20)16-22(12-6-13-24-3)15-18-9-14-26-17-18/h7-9,14,17,23H,4-6,10-13,15-16H2,1-3H3. The van der Waals surface area contributed by atoms with E-state index in [4.69, 9.17) is 9.15 Å². The van der Waals surface area contributed by atoms with Crippen molar-refractivity contribution in [3.63, 3.8) is 0 Å². The van der Waals surface area contributed by atoms with E-state index in [9.17, 15) is 5.11 Å². The first-order valence-electron chi connectivity index (χ1n) is 9.65. The average Bonchev–Trinajstić information content (AvgIpc) is 3.28. The van der Waals surface area contributed by atoms with E-state index < -0.39 is 5.60 Å². The Balaban J connectivity index is 2.06. The minimum absolute atomic E-state index is 0.712. The number of hydrogen-bond acceptors (Lipinski definition) is 5. The Hall–Kier alpha value is -1.14. The van der Waals surface area contributed by atoms with E-state index in [0.29, 0.717) is 5.76 Å². The van der Waals surface area contributed by atoms with Gasteiger partial charge in [-0.1, -0.05) is 26.7 Å². The number of rotatable bonds is 13. The van der Waals surface area contributed by atoms with Crippen molar-refractivity contribution in [3.05, 3.63) is 46.0 Å². The van der Waals surface area contributed by atoms with Crippen molar-refractivity contribution < 1.29 is 14.3 Å². The Labute approximate surface area is 161 Å². The highest BCUT2D eigenvalue weighted by molar-refractivity contribution is 7.07. The molecule has 146 valence electrons. The molecule has 1 N–H and O–H groups in total. The minimum Gasteiger partial charge on any atom is -0.462 e. The molecule has 4 nitrogen and oxygen atoms in total. The highest BCUT2D eigenvalue weighted by Crippen LogP contribution is 2.33. The summed E-state index contributed by atoms with van der Waals surface area (Å²) in [5, 5.41) is 15.3. The second-order valence-corrected chi connectivity index (χ2v) is 7.77. The number of aliphatic hydroxyl groups is 1. The fourth-order valence-corrected chi connectivity index (χ4v) is 4.08. The summed E-state index contributed by atoms with van der Waals surface area (Å²) in [5.41, 5.74) is 0.489. The molecule has 0 atom stereocenters. The van der Waals surface area contributed by atoms with Gasteiger partial charge >= 0.3 is 0 Å². The van der Waals surface area contributed by atoms with Gasteiger partial charge in [-0.25, -0.2) is 0 Å². The molecule has 0 saturated carbocycles. The molecule has 5 heteroatoms. The van der Waals surface area contributed by atoms with Crippen LogP contribution in [0, 0.1) is 0 Å². The van der Waals surface area contributed by atoms with Gasteiger partial charge in [-0.15, -0.1) is 0 Å². The Kier molecular flexibility index (Phi) is 8.85. The number of thiophene rings is 1.